The van der Waals surface area contributed by atoms with Crippen molar-refractivity contribution in [3.05, 3.63) is 53.2 Å². The molecular weight excluding hydrogens is 274 g/mol. The molecular formula is C15H14ClN3O. The van der Waals surface area contributed by atoms with Crippen LogP contribution in [-0.4, -0.2) is 25.2 Å². The van der Waals surface area contributed by atoms with E-state index in [1.165, 1.54) is 0 Å². The van der Waals surface area contributed by atoms with Crippen molar-refractivity contribution < 1.29 is 4.74 Å². The van der Waals surface area contributed by atoms with E-state index in [1.807, 2.05) is 36.2 Å². The molecule has 102 valence electrons. The van der Waals surface area contributed by atoms with E-state index < -0.39 is 0 Å². The lowest BCUT2D eigenvalue weighted by molar-refractivity contribution is 0.325. The predicted octanol–water partition coefficient (Wildman–Crippen LogP) is 3.12. The molecule has 1 aromatic carbocycles. The lowest BCUT2D eigenvalue weighted by Crippen LogP contribution is -2.24. The van der Waals surface area contributed by atoms with E-state index in [2.05, 4.69) is 4.98 Å². The normalized spacial score (nSPS) is 9.85. The Hall–Kier alpha value is -2.25. The van der Waals surface area contributed by atoms with Gasteiger partial charge in [-0.25, -0.2) is 4.98 Å². The molecule has 0 saturated heterocycles. The topological polar surface area (TPSA) is 49.1 Å². The maximum atomic E-state index is 8.72. The summed E-state index contributed by atoms with van der Waals surface area (Å²) in [5, 5.41) is 9.38. The van der Waals surface area contributed by atoms with Crippen LogP contribution in [0, 0.1) is 11.3 Å². The summed E-state index contributed by atoms with van der Waals surface area (Å²) in [6.45, 7) is 1.21. The average Bonchev–Trinajstić information content (AvgIpc) is 2.47. The van der Waals surface area contributed by atoms with Gasteiger partial charge in [-0.15, -0.1) is 0 Å². The summed E-state index contributed by atoms with van der Waals surface area (Å²) < 4.78 is 5.62. The number of rotatable bonds is 5. The molecule has 1 heterocycles. The number of aromatic nitrogens is 1. The van der Waals surface area contributed by atoms with Crippen LogP contribution in [0.3, 0.4) is 0 Å². The first-order valence-corrected chi connectivity index (χ1v) is 6.52. The Bertz CT molecular complexity index is 607. The van der Waals surface area contributed by atoms with Gasteiger partial charge in [0.05, 0.1) is 12.1 Å². The van der Waals surface area contributed by atoms with Crippen LogP contribution in [0.4, 0.5) is 5.82 Å². The van der Waals surface area contributed by atoms with Gasteiger partial charge in [0.25, 0.3) is 0 Å². The lowest BCUT2D eigenvalue weighted by Gasteiger charge is -2.18. The van der Waals surface area contributed by atoms with Crippen molar-refractivity contribution in [2.75, 3.05) is 25.1 Å². The largest absolute Gasteiger partial charge is 0.492 e. The molecule has 1 aromatic heterocycles. The van der Waals surface area contributed by atoms with Gasteiger partial charge in [0.2, 0.25) is 0 Å². The van der Waals surface area contributed by atoms with Crippen LogP contribution in [0.25, 0.3) is 0 Å². The Morgan fingerprint density at radius 1 is 1.35 bits per heavy atom. The smallest absolute Gasteiger partial charge is 0.128 e. The zero-order valence-corrected chi connectivity index (χ0v) is 11.8. The molecule has 4 nitrogen and oxygen atoms in total. The third kappa shape index (κ3) is 3.87. The second kappa shape index (κ2) is 6.78. The van der Waals surface area contributed by atoms with Crippen molar-refractivity contribution >= 4 is 17.4 Å². The Morgan fingerprint density at radius 2 is 2.20 bits per heavy atom. The Balaban J connectivity index is 1.85. The number of nitriles is 1. The van der Waals surface area contributed by atoms with Gasteiger partial charge in [-0.1, -0.05) is 17.7 Å². The highest BCUT2D eigenvalue weighted by Crippen LogP contribution is 2.17. The molecule has 2 rings (SSSR count). The van der Waals surface area contributed by atoms with Crippen LogP contribution in [0.5, 0.6) is 5.75 Å². The minimum absolute atomic E-state index is 0.526. The number of anilines is 1. The van der Waals surface area contributed by atoms with Gasteiger partial charge in [0.1, 0.15) is 24.2 Å². The minimum atomic E-state index is 0.526. The van der Waals surface area contributed by atoms with Gasteiger partial charge >= 0.3 is 0 Å². The molecule has 0 radical (unpaired) electrons. The number of nitrogens with zero attached hydrogens (tertiary/aromatic N) is 3. The van der Waals surface area contributed by atoms with Crippen LogP contribution in [-0.2, 0) is 0 Å². The zero-order chi connectivity index (χ0) is 14.4. The lowest BCUT2D eigenvalue weighted by atomic mass is 10.3. The number of pyridine rings is 1. The van der Waals surface area contributed by atoms with Gasteiger partial charge in [-0.2, -0.15) is 5.26 Å². The molecule has 0 N–H and O–H groups in total. The first kappa shape index (κ1) is 14.2. The molecule has 0 spiro atoms. The number of hydrogen-bond donors (Lipinski definition) is 0. The van der Waals surface area contributed by atoms with Crippen molar-refractivity contribution in [2.24, 2.45) is 0 Å². The average molecular weight is 288 g/mol. The maximum absolute atomic E-state index is 8.72. The minimum Gasteiger partial charge on any atom is -0.492 e. The first-order valence-electron chi connectivity index (χ1n) is 6.14. The molecule has 0 bridgehead atoms. The van der Waals surface area contributed by atoms with Gasteiger partial charge in [-0.05, 0) is 30.3 Å². The predicted molar refractivity (Wildman–Crippen MR) is 79.2 cm³/mol. The molecule has 0 atom stereocenters. The molecule has 0 aliphatic heterocycles. The molecule has 0 aliphatic rings. The summed E-state index contributed by atoms with van der Waals surface area (Å²) >= 11 is 5.88. The van der Waals surface area contributed by atoms with E-state index in [1.54, 1.807) is 24.4 Å². The summed E-state index contributed by atoms with van der Waals surface area (Å²) in [6.07, 6.45) is 1.56. The van der Waals surface area contributed by atoms with Crippen LogP contribution in [0.1, 0.15) is 5.56 Å². The standard InChI is InChI=1S/C15H14ClN3O/c1-19(15-6-5-12(10-17)11-18-15)7-8-20-14-4-2-3-13(16)9-14/h2-6,9,11H,7-8H2,1H3. The van der Waals surface area contributed by atoms with Crippen LogP contribution < -0.4 is 9.64 Å². The van der Waals surface area contributed by atoms with E-state index in [0.717, 1.165) is 11.6 Å². The quantitative estimate of drug-likeness (QED) is 0.848. The molecule has 0 aliphatic carbocycles. The maximum Gasteiger partial charge on any atom is 0.128 e. The number of likely N-dealkylation sites (N-methyl/N-ethyl adjacent to an activating group) is 1. The van der Waals surface area contributed by atoms with E-state index in [-0.39, 0.29) is 0 Å². The fraction of sp³-hybridized carbons (Fsp3) is 0.200. The SMILES string of the molecule is CN(CCOc1cccc(Cl)c1)c1ccc(C#N)cn1. The second-order valence-electron chi connectivity index (χ2n) is 4.24. The fourth-order valence-corrected chi connectivity index (χ4v) is 1.83. The van der Waals surface area contributed by atoms with Crippen molar-refractivity contribution in [2.45, 2.75) is 0 Å². The highest BCUT2D eigenvalue weighted by Gasteiger charge is 2.03. The summed E-state index contributed by atoms with van der Waals surface area (Å²) in [5.74, 6) is 1.55. The zero-order valence-electron chi connectivity index (χ0n) is 11.1. The van der Waals surface area contributed by atoms with Crippen molar-refractivity contribution in [1.29, 1.82) is 5.26 Å². The fourth-order valence-electron chi connectivity index (χ4n) is 1.65. The van der Waals surface area contributed by atoms with E-state index in [9.17, 15) is 0 Å². The van der Waals surface area contributed by atoms with Gasteiger partial charge in [-0.3, -0.25) is 0 Å². The highest BCUT2D eigenvalue weighted by molar-refractivity contribution is 6.30. The van der Waals surface area contributed by atoms with Crippen molar-refractivity contribution in [3.8, 4) is 11.8 Å². The molecule has 5 heteroatoms. The van der Waals surface area contributed by atoms with E-state index in [4.69, 9.17) is 21.6 Å². The molecule has 20 heavy (non-hydrogen) atoms. The molecule has 0 amide bonds. The number of benzene rings is 1. The molecule has 2 aromatic rings. The van der Waals surface area contributed by atoms with Crippen molar-refractivity contribution in [3.63, 3.8) is 0 Å². The second-order valence-corrected chi connectivity index (χ2v) is 4.68. The summed E-state index contributed by atoms with van der Waals surface area (Å²) in [7, 11) is 1.93. The van der Waals surface area contributed by atoms with Crippen LogP contribution >= 0.6 is 11.6 Å². The van der Waals surface area contributed by atoms with Gasteiger partial charge in [0, 0.05) is 18.3 Å². The van der Waals surface area contributed by atoms with Gasteiger partial charge < -0.3 is 9.64 Å². The number of hydrogen-bond acceptors (Lipinski definition) is 4. The Labute approximate surface area is 123 Å². The summed E-state index contributed by atoms with van der Waals surface area (Å²) in [4.78, 5) is 6.18. The third-order valence-electron chi connectivity index (χ3n) is 2.76. The monoisotopic (exact) mass is 287 g/mol. The number of ether oxygens (including phenoxy) is 1. The third-order valence-corrected chi connectivity index (χ3v) is 2.99. The Morgan fingerprint density at radius 3 is 2.85 bits per heavy atom. The van der Waals surface area contributed by atoms with E-state index in [0.29, 0.717) is 23.7 Å². The molecule has 0 unspecified atom stereocenters. The van der Waals surface area contributed by atoms with Crippen LogP contribution in [0.2, 0.25) is 5.02 Å². The van der Waals surface area contributed by atoms with Gasteiger partial charge in [0.15, 0.2) is 0 Å². The van der Waals surface area contributed by atoms with E-state index >= 15 is 0 Å². The van der Waals surface area contributed by atoms with Crippen LogP contribution in [0.15, 0.2) is 42.6 Å². The molecule has 0 fully saturated rings. The Kier molecular flexibility index (Phi) is 4.80. The first-order chi connectivity index (χ1) is 9.69. The summed E-state index contributed by atoms with van der Waals surface area (Å²) in [6, 6.07) is 12.9. The summed E-state index contributed by atoms with van der Waals surface area (Å²) in [5.41, 5.74) is 0.553. The van der Waals surface area contributed by atoms with Crippen molar-refractivity contribution in [1.82, 2.24) is 4.98 Å². The molecule has 0 saturated carbocycles. The number of halogens is 1. The highest BCUT2D eigenvalue weighted by atomic mass is 35.5.